The number of carboxylic acids is 1. The van der Waals surface area contributed by atoms with Crippen LogP contribution in [0.25, 0.3) is 5.69 Å². The lowest BCUT2D eigenvalue weighted by atomic mass is 10.2. The molecule has 0 spiro atoms. The van der Waals surface area contributed by atoms with Crippen molar-refractivity contribution in [1.29, 1.82) is 0 Å². The first kappa shape index (κ1) is 10.2. The lowest BCUT2D eigenvalue weighted by Gasteiger charge is -2.03. The topological polar surface area (TPSA) is 94.0 Å². The van der Waals surface area contributed by atoms with Crippen molar-refractivity contribution in [1.82, 2.24) is 15.0 Å². The summed E-state index contributed by atoms with van der Waals surface area (Å²) in [6, 6.07) is 4.48. The van der Waals surface area contributed by atoms with E-state index >= 15 is 0 Å². The second-order valence-corrected chi connectivity index (χ2v) is 3.39. The molecule has 0 amide bonds. The fourth-order valence-corrected chi connectivity index (χ4v) is 1.34. The van der Waals surface area contributed by atoms with E-state index in [0.717, 1.165) is 5.69 Å². The second-order valence-electron chi connectivity index (χ2n) is 3.39. The van der Waals surface area contributed by atoms with Crippen LogP contribution < -0.4 is 5.73 Å². The molecule has 82 valence electrons. The van der Waals surface area contributed by atoms with Gasteiger partial charge in [0, 0.05) is 5.69 Å². The van der Waals surface area contributed by atoms with Gasteiger partial charge < -0.3 is 10.8 Å². The van der Waals surface area contributed by atoms with Gasteiger partial charge in [0.05, 0.1) is 23.1 Å². The molecular weight excluding hydrogens is 208 g/mol. The van der Waals surface area contributed by atoms with Gasteiger partial charge in [0.1, 0.15) is 0 Å². The zero-order chi connectivity index (χ0) is 11.7. The molecule has 6 nitrogen and oxygen atoms in total. The third-order valence-electron chi connectivity index (χ3n) is 2.02. The summed E-state index contributed by atoms with van der Waals surface area (Å²) < 4.78 is 0. The number of aryl methyl sites for hydroxylation is 1. The second kappa shape index (κ2) is 3.65. The summed E-state index contributed by atoms with van der Waals surface area (Å²) >= 11 is 0. The average Bonchev–Trinajstić information content (AvgIpc) is 2.64. The van der Waals surface area contributed by atoms with Gasteiger partial charge in [-0.05, 0) is 25.1 Å². The molecular formula is C10H10N4O2. The Kier molecular flexibility index (Phi) is 2.32. The lowest BCUT2D eigenvalue weighted by molar-refractivity contribution is 0.0697. The Bertz CT molecular complexity index is 548. The molecule has 3 N–H and O–H groups in total. The standard InChI is InChI=1S/C10H10N4O2/c1-6-5-12-14(13-6)9-3-7(10(15)16)2-8(11)4-9/h2-5H,11H2,1H3,(H,15,16). The molecule has 0 radical (unpaired) electrons. The first-order valence-electron chi connectivity index (χ1n) is 4.59. The molecule has 0 aliphatic carbocycles. The highest BCUT2D eigenvalue weighted by Gasteiger charge is 2.08. The molecule has 1 aromatic heterocycles. The highest BCUT2D eigenvalue weighted by Crippen LogP contribution is 2.14. The predicted octanol–water partition coefficient (Wildman–Crippen LogP) is 0.856. The highest BCUT2D eigenvalue weighted by atomic mass is 16.4. The molecule has 0 aliphatic rings. The molecule has 1 heterocycles. The zero-order valence-electron chi connectivity index (χ0n) is 8.58. The van der Waals surface area contributed by atoms with Crippen molar-refractivity contribution in [3.8, 4) is 5.69 Å². The predicted molar refractivity (Wildman–Crippen MR) is 57.5 cm³/mol. The molecule has 0 aliphatic heterocycles. The van der Waals surface area contributed by atoms with Gasteiger partial charge in [0.25, 0.3) is 0 Å². The number of nitrogens with two attached hydrogens (primary N) is 1. The number of nitrogen functional groups attached to an aromatic ring is 1. The maximum Gasteiger partial charge on any atom is 0.335 e. The van der Waals surface area contributed by atoms with Crippen LogP contribution in [-0.2, 0) is 0 Å². The lowest BCUT2D eigenvalue weighted by Crippen LogP contribution is -2.04. The smallest absolute Gasteiger partial charge is 0.335 e. The molecule has 0 atom stereocenters. The third kappa shape index (κ3) is 1.85. The molecule has 2 rings (SSSR count). The van der Waals surface area contributed by atoms with E-state index < -0.39 is 5.97 Å². The van der Waals surface area contributed by atoms with Crippen LogP contribution in [0, 0.1) is 6.92 Å². The van der Waals surface area contributed by atoms with E-state index in [1.54, 1.807) is 19.2 Å². The van der Waals surface area contributed by atoms with Gasteiger partial charge in [-0.1, -0.05) is 0 Å². The molecule has 0 saturated heterocycles. The summed E-state index contributed by atoms with van der Waals surface area (Å²) in [7, 11) is 0. The van der Waals surface area contributed by atoms with E-state index in [4.69, 9.17) is 10.8 Å². The van der Waals surface area contributed by atoms with Crippen LogP contribution >= 0.6 is 0 Å². The summed E-state index contributed by atoms with van der Waals surface area (Å²) in [6.45, 7) is 1.80. The maximum atomic E-state index is 10.8. The molecule has 0 bridgehead atoms. The molecule has 6 heteroatoms. The Labute approximate surface area is 91.3 Å². The number of nitrogens with zero attached hydrogens (tertiary/aromatic N) is 3. The summed E-state index contributed by atoms with van der Waals surface area (Å²) in [5.74, 6) is -1.03. The number of anilines is 1. The number of carboxylic acid groups (broad SMARTS) is 1. The molecule has 0 fully saturated rings. The Morgan fingerprint density at radius 3 is 2.75 bits per heavy atom. The van der Waals surface area contributed by atoms with E-state index in [2.05, 4.69) is 10.2 Å². The number of aromatic carboxylic acids is 1. The molecule has 0 unspecified atom stereocenters. The summed E-state index contributed by atoms with van der Waals surface area (Å²) in [5, 5.41) is 16.9. The van der Waals surface area contributed by atoms with Crippen molar-refractivity contribution in [3.05, 3.63) is 35.7 Å². The van der Waals surface area contributed by atoms with Gasteiger partial charge in [-0.3, -0.25) is 0 Å². The average molecular weight is 218 g/mol. The first-order chi connectivity index (χ1) is 7.56. The van der Waals surface area contributed by atoms with Gasteiger partial charge in [-0.2, -0.15) is 15.0 Å². The van der Waals surface area contributed by atoms with E-state index in [-0.39, 0.29) is 5.56 Å². The Balaban J connectivity index is 2.53. The Morgan fingerprint density at radius 2 is 2.19 bits per heavy atom. The zero-order valence-corrected chi connectivity index (χ0v) is 8.58. The van der Waals surface area contributed by atoms with E-state index in [1.165, 1.54) is 16.9 Å². The van der Waals surface area contributed by atoms with Crippen LogP contribution in [0.5, 0.6) is 0 Å². The molecule has 2 aromatic rings. The van der Waals surface area contributed by atoms with Crippen LogP contribution in [0.1, 0.15) is 16.1 Å². The first-order valence-corrected chi connectivity index (χ1v) is 4.59. The number of hydrogen-bond acceptors (Lipinski definition) is 4. The van der Waals surface area contributed by atoms with Crippen molar-refractivity contribution in [2.45, 2.75) is 6.92 Å². The van der Waals surface area contributed by atoms with Crippen molar-refractivity contribution < 1.29 is 9.90 Å². The normalized spacial score (nSPS) is 10.3. The van der Waals surface area contributed by atoms with Crippen LogP contribution in [-0.4, -0.2) is 26.1 Å². The van der Waals surface area contributed by atoms with Gasteiger partial charge >= 0.3 is 5.97 Å². The van der Waals surface area contributed by atoms with E-state index in [0.29, 0.717) is 11.4 Å². The molecule has 0 saturated carbocycles. The Morgan fingerprint density at radius 1 is 1.44 bits per heavy atom. The van der Waals surface area contributed by atoms with Crippen LogP contribution in [0.15, 0.2) is 24.4 Å². The van der Waals surface area contributed by atoms with Crippen LogP contribution in [0.2, 0.25) is 0 Å². The summed E-state index contributed by atoms with van der Waals surface area (Å²) in [4.78, 5) is 12.2. The Hall–Kier alpha value is -2.37. The monoisotopic (exact) mass is 218 g/mol. The van der Waals surface area contributed by atoms with Gasteiger partial charge in [0.15, 0.2) is 0 Å². The maximum absolute atomic E-state index is 10.8. The molecule has 1 aromatic carbocycles. The number of aromatic nitrogens is 3. The van der Waals surface area contributed by atoms with Crippen molar-refractivity contribution in [3.63, 3.8) is 0 Å². The van der Waals surface area contributed by atoms with E-state index in [1.807, 2.05) is 0 Å². The summed E-state index contributed by atoms with van der Waals surface area (Å²) in [5.41, 5.74) is 7.37. The fourth-order valence-electron chi connectivity index (χ4n) is 1.34. The number of rotatable bonds is 2. The minimum absolute atomic E-state index is 0.116. The van der Waals surface area contributed by atoms with Crippen LogP contribution in [0.4, 0.5) is 5.69 Å². The number of carbonyl (C=O) groups is 1. The van der Waals surface area contributed by atoms with Crippen LogP contribution in [0.3, 0.4) is 0 Å². The summed E-state index contributed by atoms with van der Waals surface area (Å²) in [6.07, 6.45) is 1.59. The third-order valence-corrected chi connectivity index (χ3v) is 2.02. The van der Waals surface area contributed by atoms with Gasteiger partial charge in [-0.15, -0.1) is 0 Å². The SMILES string of the molecule is Cc1cnn(-c2cc(N)cc(C(=O)O)c2)n1. The fraction of sp³-hybridized carbons (Fsp3) is 0.100. The van der Waals surface area contributed by atoms with Crippen molar-refractivity contribution >= 4 is 11.7 Å². The quantitative estimate of drug-likeness (QED) is 0.729. The highest BCUT2D eigenvalue weighted by molar-refractivity contribution is 5.89. The minimum atomic E-state index is -1.03. The van der Waals surface area contributed by atoms with Crippen molar-refractivity contribution in [2.75, 3.05) is 5.73 Å². The largest absolute Gasteiger partial charge is 0.478 e. The minimum Gasteiger partial charge on any atom is -0.478 e. The van der Waals surface area contributed by atoms with E-state index in [9.17, 15) is 4.79 Å². The van der Waals surface area contributed by atoms with Crippen molar-refractivity contribution in [2.24, 2.45) is 0 Å². The number of benzene rings is 1. The molecule has 16 heavy (non-hydrogen) atoms. The van der Waals surface area contributed by atoms with Gasteiger partial charge in [-0.25, -0.2) is 4.79 Å². The van der Waals surface area contributed by atoms with Gasteiger partial charge in [0.2, 0.25) is 0 Å². The number of hydrogen-bond donors (Lipinski definition) is 2.